The number of amides is 1. The van der Waals surface area contributed by atoms with Crippen LogP contribution in [0.4, 0.5) is 0 Å². The van der Waals surface area contributed by atoms with Crippen molar-refractivity contribution in [2.24, 2.45) is 5.10 Å². The van der Waals surface area contributed by atoms with Gasteiger partial charge in [0.15, 0.2) is 6.61 Å². The zero-order valence-corrected chi connectivity index (χ0v) is 17.7. The van der Waals surface area contributed by atoms with Gasteiger partial charge in [-0.25, -0.2) is 5.43 Å². The molecule has 1 N–H and O–H groups in total. The molecule has 0 saturated carbocycles. The zero-order chi connectivity index (χ0) is 22.2. The van der Waals surface area contributed by atoms with Crippen molar-refractivity contribution in [3.05, 3.63) is 101 Å². The predicted octanol–water partition coefficient (Wildman–Crippen LogP) is 3.91. The Bertz CT molecular complexity index is 1130. The Labute approximate surface area is 187 Å². The Hall–Kier alpha value is -3.95. The second-order valence-electron chi connectivity index (χ2n) is 7.64. The smallest absolute Gasteiger partial charge is 0.271 e. The lowest BCUT2D eigenvalue weighted by atomic mass is 9.99. The van der Waals surface area contributed by atoms with Crippen LogP contribution in [0.25, 0.3) is 0 Å². The van der Waals surface area contributed by atoms with E-state index in [2.05, 4.69) is 39.7 Å². The normalized spacial score (nSPS) is 13.3. The summed E-state index contributed by atoms with van der Waals surface area (Å²) in [7, 11) is 0. The van der Waals surface area contributed by atoms with E-state index < -0.39 is 0 Å². The number of hydrogen-bond donors (Lipinski definition) is 1. The summed E-state index contributed by atoms with van der Waals surface area (Å²) in [5.74, 6) is 0.357. The summed E-state index contributed by atoms with van der Waals surface area (Å²) in [6, 6.07) is 25.3. The fourth-order valence-electron chi connectivity index (χ4n) is 3.70. The van der Waals surface area contributed by atoms with Gasteiger partial charge in [-0.2, -0.15) is 10.4 Å². The van der Waals surface area contributed by atoms with E-state index in [9.17, 15) is 4.79 Å². The van der Waals surface area contributed by atoms with Crippen molar-refractivity contribution in [3.8, 4) is 11.8 Å². The lowest BCUT2D eigenvalue weighted by Crippen LogP contribution is -2.30. The number of fused-ring (bicyclic) bond motifs is 1. The maximum atomic E-state index is 12.4. The number of benzene rings is 3. The van der Waals surface area contributed by atoms with Crippen molar-refractivity contribution in [2.45, 2.75) is 19.5 Å². The molecule has 1 aliphatic rings. The molecule has 0 saturated heterocycles. The Morgan fingerprint density at radius 1 is 1.06 bits per heavy atom. The topological polar surface area (TPSA) is 77.7 Å². The molecule has 160 valence electrons. The molecule has 0 spiro atoms. The first-order chi connectivity index (χ1) is 15.7. The van der Waals surface area contributed by atoms with Crippen LogP contribution in [0.5, 0.6) is 5.75 Å². The molecular weight excluding hydrogens is 400 g/mol. The lowest BCUT2D eigenvalue weighted by Gasteiger charge is -2.28. The van der Waals surface area contributed by atoms with Crippen LogP contribution in [0.1, 0.15) is 32.6 Å². The zero-order valence-electron chi connectivity index (χ0n) is 17.7. The number of nitrogens with zero attached hydrogens (tertiary/aromatic N) is 3. The third-order valence-electron chi connectivity index (χ3n) is 5.40. The fraction of sp³-hybridized carbons (Fsp3) is 0.192. The highest BCUT2D eigenvalue weighted by atomic mass is 16.5. The number of rotatable bonds is 7. The second kappa shape index (κ2) is 10.4. The van der Waals surface area contributed by atoms with Gasteiger partial charge in [0.05, 0.1) is 6.21 Å². The van der Waals surface area contributed by atoms with Crippen LogP contribution in [-0.2, 0) is 19.5 Å². The van der Waals surface area contributed by atoms with Crippen LogP contribution >= 0.6 is 0 Å². The van der Waals surface area contributed by atoms with Gasteiger partial charge >= 0.3 is 0 Å². The SMILES string of the molecule is N#CCOc1ccc(C=NNC(=O)c2ccc(CN3CCc4ccccc4C3)cc2)cc1. The highest BCUT2D eigenvalue weighted by Gasteiger charge is 2.15. The first-order valence-electron chi connectivity index (χ1n) is 10.5. The molecule has 1 amide bonds. The minimum atomic E-state index is -0.256. The van der Waals surface area contributed by atoms with Crippen LogP contribution in [0.2, 0.25) is 0 Å². The summed E-state index contributed by atoms with van der Waals surface area (Å²) >= 11 is 0. The number of hydrogen-bond acceptors (Lipinski definition) is 5. The van der Waals surface area contributed by atoms with Crippen LogP contribution < -0.4 is 10.2 Å². The molecule has 0 atom stereocenters. The van der Waals surface area contributed by atoms with Crippen molar-refractivity contribution in [3.63, 3.8) is 0 Å². The molecule has 0 aliphatic carbocycles. The largest absolute Gasteiger partial charge is 0.479 e. The van der Waals surface area contributed by atoms with Crippen molar-refractivity contribution in [2.75, 3.05) is 13.2 Å². The summed E-state index contributed by atoms with van der Waals surface area (Å²) < 4.78 is 5.21. The summed E-state index contributed by atoms with van der Waals surface area (Å²) in [6.07, 6.45) is 2.64. The second-order valence-corrected chi connectivity index (χ2v) is 7.64. The van der Waals surface area contributed by atoms with Gasteiger partial charge in [0.25, 0.3) is 5.91 Å². The van der Waals surface area contributed by atoms with Gasteiger partial charge in [0, 0.05) is 25.2 Å². The van der Waals surface area contributed by atoms with Crippen LogP contribution in [0, 0.1) is 11.3 Å². The van der Waals surface area contributed by atoms with E-state index in [-0.39, 0.29) is 12.5 Å². The highest BCUT2D eigenvalue weighted by molar-refractivity contribution is 5.94. The number of nitrogens with one attached hydrogen (secondary N) is 1. The molecule has 0 fully saturated rings. The van der Waals surface area contributed by atoms with E-state index >= 15 is 0 Å². The summed E-state index contributed by atoms with van der Waals surface area (Å²) in [5, 5.41) is 12.5. The molecule has 1 aliphatic heterocycles. The monoisotopic (exact) mass is 424 g/mol. The Morgan fingerprint density at radius 2 is 1.81 bits per heavy atom. The van der Waals surface area contributed by atoms with Gasteiger partial charge in [-0.1, -0.05) is 36.4 Å². The van der Waals surface area contributed by atoms with E-state index in [4.69, 9.17) is 10.00 Å². The molecule has 1 heterocycles. The third-order valence-corrected chi connectivity index (χ3v) is 5.40. The summed E-state index contributed by atoms with van der Waals surface area (Å²) in [5.41, 5.74) is 7.96. The number of hydrazone groups is 1. The minimum Gasteiger partial charge on any atom is -0.479 e. The number of ether oxygens (including phenoxy) is 1. The molecule has 0 unspecified atom stereocenters. The van der Waals surface area contributed by atoms with Gasteiger partial charge in [-0.3, -0.25) is 9.69 Å². The summed E-state index contributed by atoms with van der Waals surface area (Å²) in [4.78, 5) is 14.8. The van der Waals surface area contributed by atoms with Crippen molar-refractivity contribution in [1.29, 1.82) is 5.26 Å². The van der Waals surface area contributed by atoms with Gasteiger partial charge in [0.2, 0.25) is 0 Å². The lowest BCUT2D eigenvalue weighted by molar-refractivity contribution is 0.0955. The third kappa shape index (κ3) is 5.60. The quantitative estimate of drug-likeness (QED) is 0.461. The molecule has 0 aromatic heterocycles. The Balaban J connectivity index is 1.28. The van der Waals surface area contributed by atoms with E-state index in [1.165, 1.54) is 16.7 Å². The minimum absolute atomic E-state index is 0.00821. The number of carbonyl (C=O) groups is 1. The van der Waals surface area contributed by atoms with Crippen LogP contribution in [0.15, 0.2) is 77.9 Å². The Kier molecular flexibility index (Phi) is 6.91. The summed E-state index contributed by atoms with van der Waals surface area (Å²) in [6.45, 7) is 2.87. The van der Waals surface area contributed by atoms with Crippen LogP contribution in [0.3, 0.4) is 0 Å². The number of nitriles is 1. The predicted molar refractivity (Wildman–Crippen MR) is 123 cm³/mol. The van der Waals surface area contributed by atoms with Gasteiger partial charge in [-0.15, -0.1) is 0 Å². The van der Waals surface area contributed by atoms with E-state index in [0.717, 1.165) is 31.6 Å². The fourth-order valence-corrected chi connectivity index (χ4v) is 3.70. The molecule has 3 aromatic rings. The van der Waals surface area contributed by atoms with Gasteiger partial charge in [0.1, 0.15) is 11.8 Å². The average molecular weight is 425 g/mol. The average Bonchev–Trinajstić information content (AvgIpc) is 2.84. The van der Waals surface area contributed by atoms with E-state index in [1.807, 2.05) is 30.3 Å². The first kappa shape index (κ1) is 21.3. The molecule has 32 heavy (non-hydrogen) atoms. The van der Waals surface area contributed by atoms with Gasteiger partial charge < -0.3 is 4.74 Å². The first-order valence-corrected chi connectivity index (χ1v) is 10.5. The molecular formula is C26H24N4O2. The molecule has 0 bridgehead atoms. The van der Waals surface area contributed by atoms with E-state index in [0.29, 0.717) is 11.3 Å². The van der Waals surface area contributed by atoms with Crippen LogP contribution in [-0.4, -0.2) is 30.2 Å². The molecule has 4 rings (SSSR count). The van der Waals surface area contributed by atoms with Gasteiger partial charge in [-0.05, 0) is 65.1 Å². The molecule has 6 nitrogen and oxygen atoms in total. The standard InChI is InChI=1S/C26H24N4O2/c27-14-16-32-25-11-7-20(8-12-25)17-28-29-26(31)23-9-5-21(6-10-23)18-30-15-13-22-3-1-2-4-24(22)19-30/h1-12,17H,13,15-16,18-19H2,(H,29,31). The highest BCUT2D eigenvalue weighted by Crippen LogP contribution is 2.20. The van der Waals surface area contributed by atoms with Crippen molar-refractivity contribution >= 4 is 12.1 Å². The van der Waals surface area contributed by atoms with Crippen molar-refractivity contribution < 1.29 is 9.53 Å². The molecule has 0 radical (unpaired) electrons. The Morgan fingerprint density at radius 3 is 2.56 bits per heavy atom. The van der Waals surface area contributed by atoms with E-state index in [1.54, 1.807) is 30.5 Å². The maximum absolute atomic E-state index is 12.4. The molecule has 3 aromatic carbocycles. The van der Waals surface area contributed by atoms with Crippen molar-refractivity contribution in [1.82, 2.24) is 10.3 Å². The molecule has 6 heteroatoms. The number of carbonyl (C=O) groups excluding carboxylic acids is 1. The maximum Gasteiger partial charge on any atom is 0.271 e.